The van der Waals surface area contributed by atoms with Crippen LogP contribution >= 0.6 is 11.8 Å². The molecule has 0 bridgehead atoms. The van der Waals surface area contributed by atoms with E-state index in [1.165, 1.54) is 0 Å². The predicted molar refractivity (Wildman–Crippen MR) is 97.6 cm³/mol. The van der Waals surface area contributed by atoms with Gasteiger partial charge >= 0.3 is 0 Å². The van der Waals surface area contributed by atoms with E-state index in [2.05, 4.69) is 20.4 Å². The van der Waals surface area contributed by atoms with E-state index in [0.29, 0.717) is 28.6 Å². The second kappa shape index (κ2) is 6.69. The van der Waals surface area contributed by atoms with Gasteiger partial charge in [0.15, 0.2) is 10.2 Å². The molecule has 0 aliphatic rings. The Morgan fingerprint density at radius 3 is 2.72 bits per heavy atom. The normalized spacial score (nSPS) is 10.6. The summed E-state index contributed by atoms with van der Waals surface area (Å²) < 4.78 is 1.71. The quantitative estimate of drug-likeness (QED) is 0.406. The second-order valence-electron chi connectivity index (χ2n) is 5.11. The fourth-order valence-corrected chi connectivity index (χ4v) is 2.56. The fourth-order valence-electron chi connectivity index (χ4n) is 2.10. The molecule has 3 aromatic heterocycles. The molecular weight excluding hydrogens is 340 g/mol. The number of anilines is 1. The van der Waals surface area contributed by atoms with Crippen LogP contribution in [-0.4, -0.2) is 35.9 Å². The lowest BCUT2D eigenvalue weighted by Gasteiger charge is -2.07. The maximum atomic E-state index is 10.9. The van der Waals surface area contributed by atoms with Crippen LogP contribution < -0.4 is 11.1 Å². The highest BCUT2D eigenvalue weighted by molar-refractivity contribution is 8.28. The van der Waals surface area contributed by atoms with Crippen molar-refractivity contribution in [3.8, 4) is 11.1 Å². The summed E-state index contributed by atoms with van der Waals surface area (Å²) in [5.41, 5.74) is 8.15. The van der Waals surface area contributed by atoms with E-state index in [9.17, 15) is 4.79 Å². The summed E-state index contributed by atoms with van der Waals surface area (Å²) in [6, 6.07) is 5.32. The van der Waals surface area contributed by atoms with Crippen molar-refractivity contribution < 1.29 is 4.79 Å². The van der Waals surface area contributed by atoms with Crippen molar-refractivity contribution >= 4 is 44.7 Å². The molecule has 0 aliphatic carbocycles. The minimum atomic E-state index is -0.881. The van der Waals surface area contributed by atoms with Gasteiger partial charge in [0, 0.05) is 30.6 Å². The number of amidine groups is 1. The van der Waals surface area contributed by atoms with Crippen LogP contribution in [0.25, 0.3) is 22.2 Å². The van der Waals surface area contributed by atoms with E-state index in [4.69, 9.17) is 16.6 Å². The summed E-state index contributed by atoms with van der Waals surface area (Å²) in [4.78, 5) is 19.7. The average Bonchev–Trinajstić information content (AvgIpc) is 3.00. The molecular formula is C15H14N8OS. The summed E-state index contributed by atoms with van der Waals surface area (Å²) in [7, 11) is 1.84. The first-order valence-corrected chi connectivity index (χ1v) is 7.91. The van der Waals surface area contributed by atoms with Gasteiger partial charge < -0.3 is 11.1 Å². The van der Waals surface area contributed by atoms with Gasteiger partial charge in [0.1, 0.15) is 5.82 Å². The smallest absolute Gasteiger partial charge is 0.273 e. The largest absolute Gasteiger partial charge is 0.364 e. The number of aryl methyl sites for hydroxylation is 1. The minimum Gasteiger partial charge on any atom is -0.364 e. The van der Waals surface area contributed by atoms with Gasteiger partial charge in [-0.15, -0.1) is 0 Å². The topological polar surface area (TPSA) is 146 Å². The number of nitrogens with zero attached hydrogens (tertiary/aromatic N) is 4. The molecule has 0 unspecified atom stereocenters. The molecule has 3 aromatic rings. The molecule has 0 aromatic carbocycles. The van der Waals surface area contributed by atoms with Gasteiger partial charge in [-0.1, -0.05) is 0 Å². The molecule has 0 fully saturated rings. The number of aromatic nitrogens is 4. The van der Waals surface area contributed by atoms with Crippen molar-refractivity contribution in [3.63, 3.8) is 0 Å². The average molecular weight is 354 g/mol. The van der Waals surface area contributed by atoms with E-state index < -0.39 is 11.0 Å². The Balaban J connectivity index is 1.84. The van der Waals surface area contributed by atoms with Crippen LogP contribution in [0.15, 0.2) is 36.8 Å². The van der Waals surface area contributed by atoms with Crippen LogP contribution in [0.4, 0.5) is 5.82 Å². The highest BCUT2D eigenvalue weighted by Gasteiger charge is 2.10. The lowest BCUT2D eigenvalue weighted by Crippen LogP contribution is -2.22. The van der Waals surface area contributed by atoms with Crippen LogP contribution in [0.1, 0.15) is 0 Å². The molecule has 0 saturated heterocycles. The van der Waals surface area contributed by atoms with Gasteiger partial charge in [-0.3, -0.25) is 25.3 Å². The summed E-state index contributed by atoms with van der Waals surface area (Å²) in [6.07, 6.45) is 5.37. The van der Waals surface area contributed by atoms with E-state index in [0.717, 1.165) is 11.1 Å². The second-order valence-corrected chi connectivity index (χ2v) is 6.13. The third kappa shape index (κ3) is 3.80. The van der Waals surface area contributed by atoms with Gasteiger partial charge in [-0.05, 0) is 30.0 Å². The van der Waals surface area contributed by atoms with Crippen molar-refractivity contribution in [3.05, 3.63) is 36.8 Å². The summed E-state index contributed by atoms with van der Waals surface area (Å²) in [5, 5.41) is 21.5. The van der Waals surface area contributed by atoms with Gasteiger partial charge in [0.05, 0.1) is 17.2 Å². The standard InChI is InChI=1S/C15H14N8OS/c1-23-7-9(6-20-23)8-4-11-10(19-5-8)2-3-12(21-11)22-15(18)25-14(17)13(16)24/h2-7,17H,1H3,(H2,16,24)(H2,18,21,22). The highest BCUT2D eigenvalue weighted by Crippen LogP contribution is 2.22. The zero-order chi connectivity index (χ0) is 18.0. The van der Waals surface area contributed by atoms with Crippen LogP contribution in [0, 0.1) is 10.8 Å². The first-order chi connectivity index (χ1) is 11.9. The molecule has 126 valence electrons. The fraction of sp³-hybridized carbons (Fsp3) is 0.0667. The number of carbonyl (C=O) groups is 1. The molecule has 3 rings (SSSR count). The van der Waals surface area contributed by atoms with Gasteiger partial charge in [0.2, 0.25) is 0 Å². The Kier molecular flexibility index (Phi) is 4.44. The van der Waals surface area contributed by atoms with Gasteiger partial charge in [-0.2, -0.15) is 5.10 Å². The van der Waals surface area contributed by atoms with Gasteiger partial charge in [-0.25, -0.2) is 4.98 Å². The van der Waals surface area contributed by atoms with Crippen molar-refractivity contribution in [2.75, 3.05) is 5.32 Å². The number of nitrogens with two attached hydrogens (primary N) is 1. The Bertz CT molecular complexity index is 996. The van der Waals surface area contributed by atoms with Crippen LogP contribution in [0.3, 0.4) is 0 Å². The number of nitrogens with one attached hydrogen (secondary N) is 3. The molecule has 0 saturated carbocycles. The zero-order valence-electron chi connectivity index (χ0n) is 13.1. The SMILES string of the molecule is Cn1cc(-c2cnc3ccc(NC(=N)SC(=N)C(N)=O)nc3c2)cn1. The Morgan fingerprint density at radius 1 is 1.24 bits per heavy atom. The summed E-state index contributed by atoms with van der Waals surface area (Å²) >= 11 is 0.625. The van der Waals surface area contributed by atoms with E-state index in [1.54, 1.807) is 29.2 Å². The number of carbonyl (C=O) groups excluding carboxylic acids is 1. The molecule has 0 radical (unpaired) electrons. The van der Waals surface area contributed by atoms with Crippen LogP contribution in [0.2, 0.25) is 0 Å². The molecule has 10 heteroatoms. The van der Waals surface area contributed by atoms with E-state index in [-0.39, 0.29) is 5.17 Å². The number of hydrogen-bond donors (Lipinski definition) is 4. The Morgan fingerprint density at radius 2 is 2.04 bits per heavy atom. The molecule has 3 heterocycles. The minimum absolute atomic E-state index is 0.118. The molecule has 1 amide bonds. The Hall–Kier alpha value is -3.27. The van der Waals surface area contributed by atoms with Crippen LogP contribution in [-0.2, 0) is 11.8 Å². The third-order valence-corrected chi connectivity index (χ3v) is 3.96. The molecule has 0 aliphatic heterocycles. The zero-order valence-corrected chi connectivity index (χ0v) is 14.0. The number of primary amides is 1. The third-order valence-electron chi connectivity index (χ3n) is 3.25. The number of rotatable bonds is 2. The molecule has 5 N–H and O–H groups in total. The summed E-state index contributed by atoms with van der Waals surface area (Å²) in [6.45, 7) is 0. The molecule has 9 nitrogen and oxygen atoms in total. The molecule has 0 spiro atoms. The number of pyridine rings is 2. The van der Waals surface area contributed by atoms with Crippen molar-refractivity contribution in [1.82, 2.24) is 19.7 Å². The summed E-state index contributed by atoms with van der Waals surface area (Å²) in [5.74, 6) is -0.472. The van der Waals surface area contributed by atoms with E-state index >= 15 is 0 Å². The van der Waals surface area contributed by atoms with Crippen LogP contribution in [0.5, 0.6) is 0 Å². The first kappa shape index (κ1) is 16.6. The maximum Gasteiger partial charge on any atom is 0.273 e. The number of thioether (sulfide) groups is 1. The van der Waals surface area contributed by atoms with E-state index in [1.807, 2.05) is 19.3 Å². The number of fused-ring (bicyclic) bond motifs is 1. The lowest BCUT2D eigenvalue weighted by atomic mass is 10.1. The number of amides is 1. The monoisotopic (exact) mass is 354 g/mol. The Labute approximate surface area is 146 Å². The number of hydrogen-bond acceptors (Lipinski definition) is 7. The van der Waals surface area contributed by atoms with Crippen molar-refractivity contribution in [1.29, 1.82) is 10.8 Å². The van der Waals surface area contributed by atoms with Crippen molar-refractivity contribution in [2.24, 2.45) is 12.8 Å². The van der Waals surface area contributed by atoms with Gasteiger partial charge in [0.25, 0.3) is 5.91 Å². The predicted octanol–water partition coefficient (Wildman–Crippen LogP) is 1.57. The molecule has 0 atom stereocenters. The molecule has 25 heavy (non-hydrogen) atoms. The van der Waals surface area contributed by atoms with Crippen molar-refractivity contribution in [2.45, 2.75) is 0 Å². The highest BCUT2D eigenvalue weighted by atomic mass is 32.2. The first-order valence-electron chi connectivity index (χ1n) is 7.10. The lowest BCUT2D eigenvalue weighted by molar-refractivity contribution is -0.111. The maximum absolute atomic E-state index is 10.9.